The van der Waals surface area contributed by atoms with Gasteiger partial charge >= 0.3 is 5.97 Å². The Balaban J connectivity index is 1.97. The second-order valence-electron chi connectivity index (χ2n) is 4.07. The Morgan fingerprint density at radius 1 is 1.59 bits per heavy atom. The van der Waals surface area contributed by atoms with E-state index in [4.69, 9.17) is 15.6 Å². The first-order valence-corrected chi connectivity index (χ1v) is 6.62. The van der Waals surface area contributed by atoms with Crippen LogP contribution in [0.3, 0.4) is 0 Å². The van der Waals surface area contributed by atoms with Crippen molar-refractivity contribution in [1.29, 1.82) is 0 Å². The van der Waals surface area contributed by atoms with Crippen molar-refractivity contribution < 1.29 is 14.6 Å². The van der Waals surface area contributed by atoms with Crippen molar-refractivity contribution in [2.75, 3.05) is 11.5 Å². The van der Waals surface area contributed by atoms with Gasteiger partial charge in [-0.2, -0.15) is 11.8 Å². The van der Waals surface area contributed by atoms with Crippen molar-refractivity contribution >= 4 is 17.7 Å². The number of hydrogen-bond donors (Lipinski definition) is 2. The standard InChI is InChI=1S/C12H15NO3S/c13-11(12(14)15)5-8-2-1-3-9(4-8)16-10-6-17-7-10/h1-4,10-11H,5-7,13H2,(H,14,15). The van der Waals surface area contributed by atoms with Crippen LogP contribution in [0.2, 0.25) is 0 Å². The summed E-state index contributed by atoms with van der Waals surface area (Å²) in [5.74, 6) is 1.87. The Hall–Kier alpha value is -1.20. The lowest BCUT2D eigenvalue weighted by molar-refractivity contribution is -0.138. The van der Waals surface area contributed by atoms with E-state index >= 15 is 0 Å². The van der Waals surface area contributed by atoms with Gasteiger partial charge < -0.3 is 15.6 Å². The Morgan fingerprint density at radius 3 is 2.94 bits per heavy atom. The van der Waals surface area contributed by atoms with Crippen LogP contribution in [0.4, 0.5) is 0 Å². The van der Waals surface area contributed by atoms with Crippen LogP contribution in [0.1, 0.15) is 5.56 Å². The van der Waals surface area contributed by atoms with E-state index in [2.05, 4.69) is 0 Å². The summed E-state index contributed by atoms with van der Waals surface area (Å²) in [6.45, 7) is 0. The lowest BCUT2D eigenvalue weighted by Crippen LogP contribution is -2.32. The van der Waals surface area contributed by atoms with Crippen molar-refractivity contribution in [2.24, 2.45) is 5.73 Å². The summed E-state index contributed by atoms with van der Waals surface area (Å²) >= 11 is 1.86. The van der Waals surface area contributed by atoms with Crippen LogP contribution < -0.4 is 10.5 Å². The number of hydrogen-bond acceptors (Lipinski definition) is 4. The number of rotatable bonds is 5. The highest BCUT2D eigenvalue weighted by molar-refractivity contribution is 8.00. The number of nitrogens with two attached hydrogens (primary N) is 1. The molecule has 0 amide bonds. The average molecular weight is 253 g/mol. The maximum absolute atomic E-state index is 10.7. The molecule has 1 atom stereocenters. The first-order chi connectivity index (χ1) is 8.15. The molecule has 1 aliphatic heterocycles. The van der Waals surface area contributed by atoms with Crippen LogP contribution in [0.15, 0.2) is 24.3 Å². The minimum atomic E-state index is -0.980. The molecule has 5 heteroatoms. The van der Waals surface area contributed by atoms with Gasteiger partial charge in [0.05, 0.1) is 0 Å². The predicted molar refractivity (Wildman–Crippen MR) is 67.5 cm³/mol. The minimum absolute atomic E-state index is 0.295. The largest absolute Gasteiger partial charge is 0.489 e. The van der Waals surface area contributed by atoms with Gasteiger partial charge in [0.2, 0.25) is 0 Å². The molecule has 1 aromatic rings. The van der Waals surface area contributed by atoms with Crippen molar-refractivity contribution in [3.63, 3.8) is 0 Å². The highest BCUT2D eigenvalue weighted by atomic mass is 32.2. The zero-order valence-electron chi connectivity index (χ0n) is 9.33. The summed E-state index contributed by atoms with van der Waals surface area (Å²) in [6.07, 6.45) is 0.620. The van der Waals surface area contributed by atoms with Crippen LogP contribution in [0.25, 0.3) is 0 Å². The molecular weight excluding hydrogens is 238 g/mol. The third kappa shape index (κ3) is 3.38. The van der Waals surface area contributed by atoms with Crippen molar-refractivity contribution in [2.45, 2.75) is 18.6 Å². The number of ether oxygens (including phenoxy) is 1. The molecule has 4 nitrogen and oxygen atoms in total. The highest BCUT2D eigenvalue weighted by Crippen LogP contribution is 2.24. The van der Waals surface area contributed by atoms with Gasteiger partial charge in [-0.15, -0.1) is 0 Å². The quantitative estimate of drug-likeness (QED) is 0.823. The lowest BCUT2D eigenvalue weighted by atomic mass is 10.1. The SMILES string of the molecule is NC(Cc1cccc(OC2CSC2)c1)C(=O)O. The molecule has 0 spiro atoms. The minimum Gasteiger partial charge on any atom is -0.489 e. The highest BCUT2D eigenvalue weighted by Gasteiger charge is 2.20. The second-order valence-corrected chi connectivity index (χ2v) is 5.15. The third-order valence-corrected chi connectivity index (χ3v) is 3.80. The molecule has 3 N–H and O–H groups in total. The second kappa shape index (κ2) is 5.42. The fraction of sp³-hybridized carbons (Fsp3) is 0.417. The topological polar surface area (TPSA) is 72.5 Å². The Labute approximate surface area is 104 Å². The molecule has 1 unspecified atom stereocenters. The van der Waals surface area contributed by atoms with Crippen molar-refractivity contribution in [3.05, 3.63) is 29.8 Å². The molecule has 0 bridgehead atoms. The molecular formula is C12H15NO3S. The Morgan fingerprint density at radius 2 is 2.35 bits per heavy atom. The lowest BCUT2D eigenvalue weighted by Gasteiger charge is -2.26. The van der Waals surface area contributed by atoms with E-state index in [1.165, 1.54) is 0 Å². The van der Waals surface area contributed by atoms with Crippen molar-refractivity contribution in [1.82, 2.24) is 0 Å². The van der Waals surface area contributed by atoms with Gasteiger partial charge in [-0.05, 0) is 24.1 Å². The van der Waals surface area contributed by atoms with Gasteiger partial charge in [-0.3, -0.25) is 4.79 Å². The summed E-state index contributed by atoms with van der Waals surface area (Å²) in [5, 5.41) is 8.75. The molecule has 1 saturated heterocycles. The van der Waals surface area contributed by atoms with Crippen molar-refractivity contribution in [3.8, 4) is 5.75 Å². The van der Waals surface area contributed by atoms with Crippen LogP contribution in [-0.4, -0.2) is 34.7 Å². The van der Waals surface area contributed by atoms with Gasteiger partial charge in [0.25, 0.3) is 0 Å². The van der Waals surface area contributed by atoms with Gasteiger partial charge in [0.1, 0.15) is 17.9 Å². The summed E-state index contributed by atoms with van der Waals surface area (Å²) in [6, 6.07) is 6.63. The first kappa shape index (κ1) is 12.3. The summed E-state index contributed by atoms with van der Waals surface area (Å²) < 4.78 is 5.72. The molecule has 0 aliphatic carbocycles. The fourth-order valence-electron chi connectivity index (χ4n) is 1.56. The number of thioether (sulfide) groups is 1. The molecule has 0 aromatic heterocycles. The average Bonchev–Trinajstić information content (AvgIpc) is 2.24. The molecule has 1 aromatic carbocycles. The van der Waals surface area contributed by atoms with E-state index in [0.717, 1.165) is 22.8 Å². The van der Waals surface area contributed by atoms with E-state index < -0.39 is 12.0 Å². The molecule has 1 heterocycles. The fourth-order valence-corrected chi connectivity index (χ4v) is 2.13. The molecule has 1 aliphatic rings. The Bertz CT molecular complexity index is 406. The van der Waals surface area contributed by atoms with Crippen LogP contribution in [0, 0.1) is 0 Å². The molecule has 17 heavy (non-hydrogen) atoms. The monoisotopic (exact) mass is 253 g/mol. The zero-order chi connectivity index (χ0) is 12.3. The zero-order valence-corrected chi connectivity index (χ0v) is 10.2. The van der Waals surface area contributed by atoms with Crippen LogP contribution >= 0.6 is 11.8 Å². The Kier molecular flexibility index (Phi) is 3.91. The first-order valence-electron chi connectivity index (χ1n) is 5.47. The predicted octanol–water partition coefficient (Wildman–Crippen LogP) is 1.14. The van der Waals surface area contributed by atoms with Gasteiger partial charge in [-0.1, -0.05) is 12.1 Å². The van der Waals surface area contributed by atoms with Crippen LogP contribution in [0.5, 0.6) is 5.75 Å². The number of aliphatic carboxylic acids is 1. The smallest absolute Gasteiger partial charge is 0.320 e. The number of benzene rings is 1. The third-order valence-electron chi connectivity index (χ3n) is 2.58. The summed E-state index contributed by atoms with van der Waals surface area (Å²) in [4.78, 5) is 10.7. The van der Waals surface area contributed by atoms with Gasteiger partial charge in [-0.25, -0.2) is 0 Å². The summed E-state index contributed by atoms with van der Waals surface area (Å²) in [7, 11) is 0. The normalized spacial score (nSPS) is 17.2. The molecule has 92 valence electrons. The van der Waals surface area contributed by atoms with Crippen LogP contribution in [-0.2, 0) is 11.2 Å². The molecule has 0 saturated carbocycles. The van der Waals surface area contributed by atoms with E-state index in [9.17, 15) is 4.79 Å². The number of carboxylic acid groups (broad SMARTS) is 1. The number of carboxylic acids is 1. The van der Waals surface area contributed by atoms with Gasteiger partial charge in [0.15, 0.2) is 0 Å². The number of carbonyl (C=O) groups is 1. The van der Waals surface area contributed by atoms with E-state index in [0.29, 0.717) is 12.5 Å². The van der Waals surface area contributed by atoms with E-state index in [1.54, 1.807) is 0 Å². The van der Waals surface area contributed by atoms with E-state index in [-0.39, 0.29) is 0 Å². The summed E-state index contributed by atoms with van der Waals surface area (Å²) in [5.41, 5.74) is 6.39. The van der Waals surface area contributed by atoms with Gasteiger partial charge in [0, 0.05) is 11.5 Å². The molecule has 2 rings (SSSR count). The van der Waals surface area contributed by atoms with E-state index in [1.807, 2.05) is 36.0 Å². The molecule has 1 fully saturated rings. The molecule has 0 radical (unpaired) electrons. The maximum Gasteiger partial charge on any atom is 0.320 e. The maximum atomic E-state index is 10.7.